The summed E-state index contributed by atoms with van der Waals surface area (Å²) in [5, 5.41) is 6.14. The molecule has 88 valence electrons. The Balaban J connectivity index is 2.30. The van der Waals surface area contributed by atoms with Crippen LogP contribution in [0.4, 0.5) is 23.3 Å². The third-order valence-electron chi connectivity index (χ3n) is 2.14. The van der Waals surface area contributed by atoms with Gasteiger partial charge in [0, 0.05) is 16.7 Å². The highest BCUT2D eigenvalue weighted by Crippen LogP contribution is 2.22. The monoisotopic (exact) mass is 341 g/mol. The molecule has 0 unspecified atom stereocenters. The Morgan fingerprint density at radius 2 is 1.88 bits per heavy atom. The highest BCUT2D eigenvalue weighted by molar-refractivity contribution is 14.1. The lowest BCUT2D eigenvalue weighted by molar-refractivity contribution is 1.17. The molecule has 4 N–H and O–H groups in total. The van der Waals surface area contributed by atoms with E-state index in [0.29, 0.717) is 11.6 Å². The summed E-state index contributed by atoms with van der Waals surface area (Å²) in [6, 6.07) is 9.76. The van der Waals surface area contributed by atoms with Gasteiger partial charge in [-0.2, -0.15) is 9.97 Å². The molecule has 1 aromatic heterocycles. The number of hydrogen-bond donors (Lipinski definition) is 3. The van der Waals surface area contributed by atoms with Crippen LogP contribution in [0.5, 0.6) is 0 Å². The van der Waals surface area contributed by atoms with E-state index in [9.17, 15) is 0 Å². The van der Waals surface area contributed by atoms with E-state index in [2.05, 4.69) is 43.2 Å². The molecule has 0 aliphatic heterocycles. The fraction of sp³-hybridized carbons (Fsp3) is 0.0909. The van der Waals surface area contributed by atoms with Gasteiger partial charge in [0.1, 0.15) is 11.6 Å². The number of nitrogen functional groups attached to an aromatic ring is 1. The molecule has 1 heterocycles. The maximum Gasteiger partial charge on any atom is 0.223 e. The van der Waals surface area contributed by atoms with Crippen LogP contribution in [0, 0.1) is 3.57 Å². The van der Waals surface area contributed by atoms with Crippen LogP contribution in [0.2, 0.25) is 0 Å². The van der Waals surface area contributed by atoms with Crippen molar-refractivity contribution in [1.82, 2.24) is 9.97 Å². The molecule has 2 aromatic rings. The van der Waals surface area contributed by atoms with Crippen molar-refractivity contribution in [3.63, 3.8) is 0 Å². The van der Waals surface area contributed by atoms with Gasteiger partial charge in [0.25, 0.3) is 0 Å². The molecule has 0 atom stereocenters. The molecule has 6 heteroatoms. The molecule has 1 aromatic carbocycles. The maximum absolute atomic E-state index is 5.62. The largest absolute Gasteiger partial charge is 0.373 e. The number of nitrogens with zero attached hydrogens (tertiary/aromatic N) is 2. The fourth-order valence-corrected chi connectivity index (χ4v) is 1.88. The molecule has 17 heavy (non-hydrogen) atoms. The lowest BCUT2D eigenvalue weighted by Gasteiger charge is -2.09. The lowest BCUT2D eigenvalue weighted by atomic mass is 10.3. The molecule has 0 spiro atoms. The zero-order valence-electron chi connectivity index (χ0n) is 9.24. The zero-order valence-corrected chi connectivity index (χ0v) is 11.4. The summed E-state index contributed by atoms with van der Waals surface area (Å²) in [5.74, 6) is 1.60. The quantitative estimate of drug-likeness (QED) is 0.748. The van der Waals surface area contributed by atoms with E-state index in [1.807, 2.05) is 24.3 Å². The van der Waals surface area contributed by atoms with Crippen LogP contribution in [0.1, 0.15) is 0 Å². The first-order valence-corrected chi connectivity index (χ1v) is 6.11. The predicted molar refractivity (Wildman–Crippen MR) is 78.4 cm³/mol. The van der Waals surface area contributed by atoms with Crippen molar-refractivity contribution in [2.75, 3.05) is 23.4 Å². The Labute approximate surface area is 113 Å². The van der Waals surface area contributed by atoms with E-state index in [0.717, 1.165) is 9.26 Å². The third kappa shape index (κ3) is 2.96. The van der Waals surface area contributed by atoms with Gasteiger partial charge in [-0.1, -0.05) is 12.1 Å². The molecule has 0 aliphatic rings. The lowest BCUT2D eigenvalue weighted by Crippen LogP contribution is -2.03. The van der Waals surface area contributed by atoms with Crippen LogP contribution in [0.25, 0.3) is 0 Å². The van der Waals surface area contributed by atoms with Crippen molar-refractivity contribution in [2.24, 2.45) is 0 Å². The molecular formula is C11H12IN5. The Morgan fingerprint density at radius 1 is 1.18 bits per heavy atom. The van der Waals surface area contributed by atoms with Crippen LogP contribution in [0.3, 0.4) is 0 Å². The van der Waals surface area contributed by atoms with E-state index in [1.54, 1.807) is 13.1 Å². The SMILES string of the molecule is CNc1cc(Nc2ccccc2I)nc(N)n1. The molecule has 0 saturated heterocycles. The van der Waals surface area contributed by atoms with E-state index in [-0.39, 0.29) is 5.95 Å². The third-order valence-corrected chi connectivity index (χ3v) is 3.08. The second-order valence-corrected chi connectivity index (χ2v) is 4.51. The van der Waals surface area contributed by atoms with Gasteiger partial charge >= 0.3 is 0 Å². The van der Waals surface area contributed by atoms with Gasteiger partial charge in [0.15, 0.2) is 0 Å². The Bertz CT molecular complexity index is 529. The molecule has 0 amide bonds. The van der Waals surface area contributed by atoms with Gasteiger partial charge in [0.05, 0.1) is 5.69 Å². The van der Waals surface area contributed by atoms with E-state index in [1.165, 1.54) is 0 Å². The van der Waals surface area contributed by atoms with Crippen LogP contribution in [-0.4, -0.2) is 17.0 Å². The Morgan fingerprint density at radius 3 is 2.59 bits per heavy atom. The average molecular weight is 341 g/mol. The van der Waals surface area contributed by atoms with Gasteiger partial charge in [-0.25, -0.2) is 0 Å². The molecule has 0 aliphatic carbocycles. The topological polar surface area (TPSA) is 75.9 Å². The van der Waals surface area contributed by atoms with Gasteiger partial charge in [-0.3, -0.25) is 0 Å². The van der Waals surface area contributed by atoms with Crippen LogP contribution in [-0.2, 0) is 0 Å². The number of nitrogens with two attached hydrogens (primary N) is 1. The zero-order chi connectivity index (χ0) is 12.3. The first-order chi connectivity index (χ1) is 8.19. The number of hydrogen-bond acceptors (Lipinski definition) is 5. The molecule has 0 fully saturated rings. The maximum atomic E-state index is 5.62. The van der Waals surface area contributed by atoms with Crippen LogP contribution >= 0.6 is 22.6 Å². The smallest absolute Gasteiger partial charge is 0.223 e. The standard InChI is InChI=1S/C11H12IN5/c1-14-9-6-10(17-11(13)16-9)15-8-5-3-2-4-7(8)12/h2-6H,1H3,(H4,13,14,15,16,17). The number of halogens is 1. The van der Waals surface area contributed by atoms with E-state index in [4.69, 9.17) is 5.73 Å². The summed E-state index contributed by atoms with van der Waals surface area (Å²) in [6.45, 7) is 0. The molecule has 0 bridgehead atoms. The minimum absolute atomic E-state index is 0.241. The average Bonchev–Trinajstić information content (AvgIpc) is 2.31. The van der Waals surface area contributed by atoms with Gasteiger partial charge in [-0.05, 0) is 34.7 Å². The van der Waals surface area contributed by atoms with Crippen molar-refractivity contribution < 1.29 is 0 Å². The summed E-state index contributed by atoms with van der Waals surface area (Å²) in [6.07, 6.45) is 0. The van der Waals surface area contributed by atoms with Crippen molar-refractivity contribution in [3.05, 3.63) is 33.9 Å². The second-order valence-electron chi connectivity index (χ2n) is 3.35. The first-order valence-electron chi connectivity index (χ1n) is 5.03. The van der Waals surface area contributed by atoms with E-state index >= 15 is 0 Å². The van der Waals surface area contributed by atoms with Crippen molar-refractivity contribution in [3.8, 4) is 0 Å². The predicted octanol–water partition coefficient (Wildman–Crippen LogP) is 2.45. The normalized spacial score (nSPS) is 10.0. The summed E-state index contributed by atoms with van der Waals surface area (Å²) >= 11 is 2.26. The number of anilines is 4. The molecule has 0 saturated carbocycles. The number of nitrogens with one attached hydrogen (secondary N) is 2. The molecule has 5 nitrogen and oxygen atoms in total. The summed E-state index contributed by atoms with van der Waals surface area (Å²) < 4.78 is 1.12. The molecular weight excluding hydrogens is 329 g/mol. The summed E-state index contributed by atoms with van der Waals surface area (Å²) in [4.78, 5) is 8.16. The summed E-state index contributed by atoms with van der Waals surface area (Å²) in [5.41, 5.74) is 6.62. The minimum Gasteiger partial charge on any atom is -0.373 e. The Hall–Kier alpha value is -1.57. The fourth-order valence-electron chi connectivity index (χ4n) is 1.36. The van der Waals surface area contributed by atoms with Crippen molar-refractivity contribution in [2.45, 2.75) is 0 Å². The van der Waals surface area contributed by atoms with Crippen molar-refractivity contribution >= 4 is 45.9 Å². The second kappa shape index (κ2) is 5.17. The Kier molecular flexibility index (Phi) is 3.62. The molecule has 0 radical (unpaired) electrons. The highest BCUT2D eigenvalue weighted by atomic mass is 127. The first kappa shape index (κ1) is 11.9. The van der Waals surface area contributed by atoms with E-state index < -0.39 is 0 Å². The van der Waals surface area contributed by atoms with Gasteiger partial charge in [-0.15, -0.1) is 0 Å². The van der Waals surface area contributed by atoms with Crippen LogP contribution in [0.15, 0.2) is 30.3 Å². The summed E-state index contributed by atoms with van der Waals surface area (Å²) in [7, 11) is 1.79. The van der Waals surface area contributed by atoms with Crippen LogP contribution < -0.4 is 16.4 Å². The number of aromatic nitrogens is 2. The minimum atomic E-state index is 0.241. The number of para-hydroxylation sites is 1. The number of benzene rings is 1. The highest BCUT2D eigenvalue weighted by Gasteiger charge is 2.03. The van der Waals surface area contributed by atoms with Gasteiger partial charge in [0.2, 0.25) is 5.95 Å². The van der Waals surface area contributed by atoms with Crippen molar-refractivity contribution in [1.29, 1.82) is 0 Å². The van der Waals surface area contributed by atoms with Gasteiger partial charge < -0.3 is 16.4 Å². The number of rotatable bonds is 3. The molecule has 2 rings (SSSR count).